The highest BCUT2D eigenvalue weighted by Crippen LogP contribution is 2.35. The van der Waals surface area contributed by atoms with Crippen molar-refractivity contribution in [2.24, 2.45) is 0 Å². The molecule has 1 heteroatoms. The maximum absolute atomic E-state index is 5.28. The fraction of sp³-hybridized carbons (Fsp3) is 1.00. The van der Waals surface area contributed by atoms with Crippen molar-refractivity contribution >= 4 is 0 Å². The van der Waals surface area contributed by atoms with Crippen LogP contribution in [0.2, 0.25) is 0 Å². The third-order valence-electron chi connectivity index (χ3n) is 1.91. The Labute approximate surface area is 77.5 Å². The second kappa shape index (κ2) is 7.60. The molecule has 0 radical (unpaired) electrons. The van der Waals surface area contributed by atoms with Gasteiger partial charge in [-0.1, -0.05) is 47.0 Å². The molecule has 1 aliphatic carbocycles. The van der Waals surface area contributed by atoms with E-state index in [4.69, 9.17) is 4.74 Å². The molecule has 2 aliphatic rings. The van der Waals surface area contributed by atoms with Gasteiger partial charge in [0, 0.05) is 0 Å². The number of epoxide rings is 1. The van der Waals surface area contributed by atoms with Gasteiger partial charge in [0.2, 0.25) is 0 Å². The van der Waals surface area contributed by atoms with Crippen LogP contribution >= 0.6 is 0 Å². The van der Waals surface area contributed by atoms with Crippen LogP contribution in [0.4, 0.5) is 0 Å². The molecular formula is C11H24O. The fourth-order valence-electron chi connectivity index (χ4n) is 1.38. The van der Waals surface area contributed by atoms with E-state index in [9.17, 15) is 0 Å². The summed E-state index contributed by atoms with van der Waals surface area (Å²) in [7, 11) is 0. The van der Waals surface area contributed by atoms with Crippen molar-refractivity contribution in [3.63, 3.8) is 0 Å². The van der Waals surface area contributed by atoms with Gasteiger partial charge in [0.15, 0.2) is 0 Å². The first-order valence-electron chi connectivity index (χ1n) is 5.54. The summed E-state index contributed by atoms with van der Waals surface area (Å²) in [4.78, 5) is 0. The van der Waals surface area contributed by atoms with Crippen molar-refractivity contribution in [2.75, 3.05) is 0 Å². The highest BCUT2D eigenvalue weighted by Gasteiger charge is 2.39. The molecule has 0 aromatic heterocycles. The summed E-state index contributed by atoms with van der Waals surface area (Å²) in [6.45, 7) is 8.25. The lowest BCUT2D eigenvalue weighted by atomic mass is 10.0. The van der Waals surface area contributed by atoms with Crippen LogP contribution in [-0.2, 0) is 4.74 Å². The average molecular weight is 172 g/mol. The second-order valence-corrected chi connectivity index (χ2v) is 3.20. The monoisotopic (exact) mass is 172 g/mol. The number of rotatable bonds is 0. The maximum Gasteiger partial charge on any atom is 0.0841 e. The van der Waals surface area contributed by atoms with Gasteiger partial charge >= 0.3 is 0 Å². The Bertz CT molecular complexity index is 81.0. The molecule has 2 atom stereocenters. The average Bonchev–Trinajstić information content (AvgIpc) is 2.87. The summed E-state index contributed by atoms with van der Waals surface area (Å²) >= 11 is 0. The summed E-state index contributed by atoms with van der Waals surface area (Å²) < 4.78 is 5.28. The number of hydrogen-bond acceptors (Lipinski definition) is 1. The van der Waals surface area contributed by atoms with Gasteiger partial charge in [0.1, 0.15) is 0 Å². The topological polar surface area (TPSA) is 12.5 Å². The molecule has 74 valence electrons. The minimum Gasteiger partial charge on any atom is -0.370 e. The summed E-state index contributed by atoms with van der Waals surface area (Å²) in [6, 6.07) is 0. The summed E-state index contributed by atoms with van der Waals surface area (Å²) in [6.07, 6.45) is 8.14. The van der Waals surface area contributed by atoms with E-state index in [1.54, 1.807) is 0 Å². The van der Waals surface area contributed by atoms with Crippen molar-refractivity contribution in [3.8, 4) is 0 Å². The molecule has 1 aliphatic heterocycles. The molecule has 1 nitrogen and oxygen atoms in total. The lowest BCUT2D eigenvalue weighted by Gasteiger charge is -2.00. The molecule has 1 heterocycles. The highest BCUT2D eigenvalue weighted by molar-refractivity contribution is 4.87. The van der Waals surface area contributed by atoms with Crippen molar-refractivity contribution in [2.45, 2.75) is 72.0 Å². The molecule has 2 rings (SSSR count). The van der Waals surface area contributed by atoms with Crippen LogP contribution in [0.3, 0.4) is 0 Å². The van der Waals surface area contributed by atoms with Crippen molar-refractivity contribution in [3.05, 3.63) is 0 Å². The molecule has 2 unspecified atom stereocenters. The van der Waals surface area contributed by atoms with Gasteiger partial charge in [-0.25, -0.2) is 0 Å². The summed E-state index contributed by atoms with van der Waals surface area (Å²) in [5.41, 5.74) is 0. The van der Waals surface area contributed by atoms with Gasteiger partial charge in [-0.05, 0) is 12.8 Å². The summed E-state index contributed by atoms with van der Waals surface area (Å²) in [5.74, 6) is 0. The van der Waals surface area contributed by atoms with Crippen LogP contribution < -0.4 is 0 Å². The lowest BCUT2D eigenvalue weighted by molar-refractivity contribution is 0.373. The van der Waals surface area contributed by atoms with Crippen LogP contribution in [0.1, 0.15) is 59.8 Å². The zero-order valence-electron chi connectivity index (χ0n) is 9.10. The van der Waals surface area contributed by atoms with Gasteiger partial charge in [-0.2, -0.15) is 0 Å². The number of ether oxygens (including phenoxy) is 1. The van der Waals surface area contributed by atoms with Crippen LogP contribution in [0.15, 0.2) is 0 Å². The minimum atomic E-state index is 0.703. The van der Waals surface area contributed by atoms with E-state index in [0.717, 1.165) is 0 Å². The third-order valence-corrected chi connectivity index (χ3v) is 1.91. The smallest absolute Gasteiger partial charge is 0.0841 e. The van der Waals surface area contributed by atoms with Gasteiger partial charge < -0.3 is 4.74 Å². The Kier molecular flexibility index (Phi) is 7.58. The Balaban J connectivity index is 0.000000211. The van der Waals surface area contributed by atoms with Crippen LogP contribution in [0, 0.1) is 0 Å². The predicted octanol–water partition coefficient (Wildman–Crippen LogP) is 3.77. The summed E-state index contributed by atoms with van der Waals surface area (Å²) in [5, 5.41) is 0. The zero-order chi connectivity index (χ0) is 9.40. The van der Waals surface area contributed by atoms with E-state index in [2.05, 4.69) is 13.8 Å². The van der Waals surface area contributed by atoms with Crippen molar-refractivity contribution in [1.29, 1.82) is 0 Å². The lowest BCUT2D eigenvalue weighted by Crippen LogP contribution is -2.00. The number of hydrogen-bond donors (Lipinski definition) is 0. The minimum absolute atomic E-state index is 0.703. The van der Waals surface area contributed by atoms with Crippen LogP contribution in [0.5, 0.6) is 0 Å². The zero-order valence-corrected chi connectivity index (χ0v) is 9.10. The molecule has 1 saturated carbocycles. The Morgan fingerprint density at radius 2 is 1.33 bits per heavy atom. The van der Waals surface area contributed by atoms with E-state index in [1.807, 2.05) is 13.8 Å². The molecule has 0 bridgehead atoms. The third kappa shape index (κ3) is 4.76. The Morgan fingerprint density at radius 1 is 1.00 bits per heavy atom. The molecule has 0 N–H and O–H groups in total. The maximum atomic E-state index is 5.28. The second-order valence-electron chi connectivity index (χ2n) is 3.20. The van der Waals surface area contributed by atoms with E-state index in [1.165, 1.54) is 32.1 Å². The first-order valence-corrected chi connectivity index (χ1v) is 5.54. The molecule has 0 amide bonds. The molecule has 0 aromatic rings. The van der Waals surface area contributed by atoms with E-state index in [0.29, 0.717) is 12.2 Å². The normalized spacial score (nSPS) is 30.0. The quantitative estimate of drug-likeness (QED) is 0.507. The first kappa shape index (κ1) is 12.0. The highest BCUT2D eigenvalue weighted by atomic mass is 16.6. The van der Waals surface area contributed by atoms with Crippen LogP contribution in [0.25, 0.3) is 0 Å². The SMILES string of the molecule is C1CCC2OC2C1.CC.CCC. The molecule has 0 aromatic carbocycles. The van der Waals surface area contributed by atoms with E-state index >= 15 is 0 Å². The Hall–Kier alpha value is -0.0400. The van der Waals surface area contributed by atoms with Gasteiger partial charge in [0.05, 0.1) is 12.2 Å². The van der Waals surface area contributed by atoms with Gasteiger partial charge in [-0.3, -0.25) is 0 Å². The van der Waals surface area contributed by atoms with Gasteiger partial charge in [-0.15, -0.1) is 0 Å². The fourth-order valence-corrected chi connectivity index (χ4v) is 1.38. The molecule has 12 heavy (non-hydrogen) atoms. The number of fused-ring (bicyclic) bond motifs is 1. The van der Waals surface area contributed by atoms with Crippen LogP contribution in [-0.4, -0.2) is 12.2 Å². The predicted molar refractivity (Wildman–Crippen MR) is 54.4 cm³/mol. The molecule has 1 saturated heterocycles. The first-order chi connectivity index (χ1) is 5.88. The largest absolute Gasteiger partial charge is 0.370 e. The van der Waals surface area contributed by atoms with Crippen molar-refractivity contribution in [1.82, 2.24) is 0 Å². The van der Waals surface area contributed by atoms with Crippen molar-refractivity contribution < 1.29 is 4.74 Å². The van der Waals surface area contributed by atoms with E-state index < -0.39 is 0 Å². The van der Waals surface area contributed by atoms with Gasteiger partial charge in [0.25, 0.3) is 0 Å². The molecular weight excluding hydrogens is 148 g/mol. The molecule has 0 spiro atoms. The van der Waals surface area contributed by atoms with E-state index in [-0.39, 0.29) is 0 Å². The Morgan fingerprint density at radius 3 is 1.58 bits per heavy atom. The molecule has 2 fully saturated rings. The standard InChI is InChI=1S/C6H10O.C3H8.C2H6/c1-2-4-6-5(3-1)7-6;1-3-2;1-2/h5-6H,1-4H2;3H2,1-2H3;1-2H3.